The normalized spacial score (nSPS) is 15.8. The van der Waals surface area contributed by atoms with Gasteiger partial charge in [0.25, 0.3) is 5.91 Å². The molecular formula is C22H26ClNO3. The molecule has 27 heavy (non-hydrogen) atoms. The van der Waals surface area contributed by atoms with Gasteiger partial charge in [-0.25, -0.2) is 0 Å². The third-order valence-electron chi connectivity index (χ3n) is 4.78. The van der Waals surface area contributed by atoms with Crippen molar-refractivity contribution < 1.29 is 14.3 Å². The number of hydrogen-bond acceptors (Lipinski definition) is 3. The molecule has 1 unspecified atom stereocenters. The number of amides is 1. The molecule has 0 saturated heterocycles. The van der Waals surface area contributed by atoms with E-state index in [9.17, 15) is 4.79 Å². The zero-order valence-electron chi connectivity index (χ0n) is 15.6. The molecule has 144 valence electrons. The van der Waals surface area contributed by atoms with E-state index in [1.807, 2.05) is 36.4 Å². The molecule has 2 aromatic carbocycles. The van der Waals surface area contributed by atoms with Gasteiger partial charge in [0.2, 0.25) is 0 Å². The molecule has 1 atom stereocenters. The predicted octanol–water partition coefficient (Wildman–Crippen LogP) is 5.14. The fraction of sp³-hybridized carbons (Fsp3) is 0.409. The highest BCUT2D eigenvalue weighted by Crippen LogP contribution is 2.20. The summed E-state index contributed by atoms with van der Waals surface area (Å²) >= 11 is 5.87. The Balaban J connectivity index is 1.46. The fourth-order valence-corrected chi connectivity index (χ4v) is 3.31. The summed E-state index contributed by atoms with van der Waals surface area (Å²) in [5.74, 6) is 1.40. The van der Waals surface area contributed by atoms with E-state index in [4.69, 9.17) is 21.1 Å². The van der Waals surface area contributed by atoms with Crippen molar-refractivity contribution >= 4 is 17.5 Å². The highest BCUT2D eigenvalue weighted by atomic mass is 35.5. The van der Waals surface area contributed by atoms with E-state index in [2.05, 4.69) is 5.32 Å². The molecule has 1 fully saturated rings. The molecular weight excluding hydrogens is 362 g/mol. The van der Waals surface area contributed by atoms with E-state index in [0.717, 1.165) is 24.2 Å². The third-order valence-corrected chi connectivity index (χ3v) is 5.03. The van der Waals surface area contributed by atoms with Crippen LogP contribution in [0.15, 0.2) is 48.5 Å². The second kappa shape index (κ2) is 9.65. The minimum Gasteiger partial charge on any atom is -0.489 e. The lowest BCUT2D eigenvalue weighted by molar-refractivity contribution is -0.128. The van der Waals surface area contributed by atoms with Crippen molar-refractivity contribution in [3.05, 3.63) is 59.1 Å². The number of ether oxygens (including phenoxy) is 2. The van der Waals surface area contributed by atoms with Crippen LogP contribution in [0.3, 0.4) is 0 Å². The lowest BCUT2D eigenvalue weighted by Gasteiger charge is -2.24. The van der Waals surface area contributed by atoms with Crippen molar-refractivity contribution in [1.82, 2.24) is 5.32 Å². The van der Waals surface area contributed by atoms with Crippen LogP contribution in [-0.2, 0) is 11.4 Å². The minimum absolute atomic E-state index is 0.0444. The number of carbonyl (C=O) groups is 1. The van der Waals surface area contributed by atoms with Gasteiger partial charge in [0.1, 0.15) is 18.1 Å². The van der Waals surface area contributed by atoms with Crippen LogP contribution in [0.1, 0.15) is 44.6 Å². The summed E-state index contributed by atoms with van der Waals surface area (Å²) in [6.45, 7) is 2.25. The third kappa shape index (κ3) is 6.17. The standard InChI is InChI=1S/C22H26ClNO3/c1-16(22(25)24-19-5-3-2-4-6-19)27-21-11-7-17(8-12-21)15-26-20-13-9-18(23)10-14-20/h7-14,16,19H,2-6,15H2,1H3,(H,24,25). The van der Waals surface area contributed by atoms with Gasteiger partial charge in [-0.3, -0.25) is 4.79 Å². The SMILES string of the molecule is CC(Oc1ccc(COc2ccc(Cl)cc2)cc1)C(=O)NC1CCCCC1. The van der Waals surface area contributed by atoms with Crippen LogP contribution in [-0.4, -0.2) is 18.1 Å². The molecule has 0 aliphatic heterocycles. The fourth-order valence-electron chi connectivity index (χ4n) is 3.18. The van der Waals surface area contributed by atoms with E-state index in [1.165, 1.54) is 19.3 Å². The molecule has 1 N–H and O–H groups in total. The second-order valence-electron chi connectivity index (χ2n) is 6.99. The van der Waals surface area contributed by atoms with Gasteiger partial charge in [0.05, 0.1) is 0 Å². The first-order valence-electron chi connectivity index (χ1n) is 9.54. The molecule has 1 aliphatic rings. The van der Waals surface area contributed by atoms with Crippen LogP contribution >= 0.6 is 11.6 Å². The Morgan fingerprint density at radius 2 is 1.67 bits per heavy atom. The zero-order chi connectivity index (χ0) is 19.1. The summed E-state index contributed by atoms with van der Waals surface area (Å²) < 4.78 is 11.5. The number of benzene rings is 2. The second-order valence-corrected chi connectivity index (χ2v) is 7.43. The maximum atomic E-state index is 12.3. The summed E-state index contributed by atoms with van der Waals surface area (Å²) in [5, 5.41) is 3.78. The number of carbonyl (C=O) groups excluding carboxylic acids is 1. The van der Waals surface area contributed by atoms with Gasteiger partial charge in [0, 0.05) is 11.1 Å². The Kier molecular flexibility index (Phi) is 6.99. The van der Waals surface area contributed by atoms with Crippen LogP contribution in [0.2, 0.25) is 5.02 Å². The van der Waals surface area contributed by atoms with Gasteiger partial charge >= 0.3 is 0 Å². The molecule has 1 amide bonds. The summed E-state index contributed by atoms with van der Waals surface area (Å²) in [5.41, 5.74) is 1.02. The van der Waals surface area contributed by atoms with Gasteiger partial charge in [0.15, 0.2) is 6.10 Å². The Hall–Kier alpha value is -2.20. The van der Waals surface area contributed by atoms with Gasteiger partial charge in [-0.05, 0) is 61.7 Å². The lowest BCUT2D eigenvalue weighted by atomic mass is 9.95. The minimum atomic E-state index is -0.511. The molecule has 0 spiro atoms. The molecule has 1 saturated carbocycles. The maximum Gasteiger partial charge on any atom is 0.260 e. The summed E-state index contributed by atoms with van der Waals surface area (Å²) in [6, 6.07) is 15.2. The van der Waals surface area contributed by atoms with Crippen molar-refractivity contribution in [2.75, 3.05) is 0 Å². The van der Waals surface area contributed by atoms with Crippen LogP contribution in [0.25, 0.3) is 0 Å². The first-order valence-corrected chi connectivity index (χ1v) is 9.92. The number of nitrogens with one attached hydrogen (secondary N) is 1. The van der Waals surface area contributed by atoms with Crippen LogP contribution < -0.4 is 14.8 Å². The molecule has 0 aromatic heterocycles. The van der Waals surface area contributed by atoms with Crippen molar-refractivity contribution in [1.29, 1.82) is 0 Å². The average molecular weight is 388 g/mol. The largest absolute Gasteiger partial charge is 0.489 e. The Labute approximate surface area is 165 Å². The monoisotopic (exact) mass is 387 g/mol. The first kappa shape index (κ1) is 19.6. The van der Waals surface area contributed by atoms with Gasteiger partial charge in [-0.2, -0.15) is 0 Å². The summed E-state index contributed by atoms with van der Waals surface area (Å²) in [4.78, 5) is 12.3. The maximum absolute atomic E-state index is 12.3. The van der Waals surface area contributed by atoms with E-state index in [-0.39, 0.29) is 5.91 Å². The quantitative estimate of drug-likeness (QED) is 0.715. The van der Waals surface area contributed by atoms with Gasteiger partial charge in [-0.1, -0.05) is 43.0 Å². The predicted molar refractivity (Wildman–Crippen MR) is 107 cm³/mol. The van der Waals surface area contributed by atoms with Crippen molar-refractivity contribution in [3.63, 3.8) is 0 Å². The molecule has 2 aromatic rings. The molecule has 0 radical (unpaired) electrons. The highest BCUT2D eigenvalue weighted by molar-refractivity contribution is 6.30. The Bertz CT molecular complexity index is 724. The first-order chi connectivity index (χ1) is 13.1. The van der Waals surface area contributed by atoms with Crippen molar-refractivity contribution in [3.8, 4) is 11.5 Å². The van der Waals surface area contributed by atoms with E-state index in [0.29, 0.717) is 23.4 Å². The number of halogens is 1. The van der Waals surface area contributed by atoms with Gasteiger partial charge < -0.3 is 14.8 Å². The Morgan fingerprint density at radius 1 is 1.04 bits per heavy atom. The number of hydrogen-bond donors (Lipinski definition) is 1. The van der Waals surface area contributed by atoms with Crippen LogP contribution in [0.5, 0.6) is 11.5 Å². The molecule has 3 rings (SSSR count). The molecule has 1 aliphatic carbocycles. The van der Waals surface area contributed by atoms with Crippen molar-refractivity contribution in [2.24, 2.45) is 0 Å². The van der Waals surface area contributed by atoms with Gasteiger partial charge in [-0.15, -0.1) is 0 Å². The zero-order valence-corrected chi connectivity index (χ0v) is 16.4. The topological polar surface area (TPSA) is 47.6 Å². The van der Waals surface area contributed by atoms with E-state index >= 15 is 0 Å². The average Bonchev–Trinajstić information content (AvgIpc) is 2.69. The molecule has 4 nitrogen and oxygen atoms in total. The molecule has 5 heteroatoms. The Morgan fingerprint density at radius 3 is 2.33 bits per heavy atom. The summed E-state index contributed by atoms with van der Waals surface area (Å²) in [6.07, 6.45) is 5.29. The van der Waals surface area contributed by atoms with Crippen LogP contribution in [0, 0.1) is 0 Å². The molecule has 0 heterocycles. The highest BCUT2D eigenvalue weighted by Gasteiger charge is 2.20. The van der Waals surface area contributed by atoms with Crippen molar-refractivity contribution in [2.45, 2.75) is 57.8 Å². The smallest absolute Gasteiger partial charge is 0.260 e. The number of rotatable bonds is 7. The van der Waals surface area contributed by atoms with Crippen LogP contribution in [0.4, 0.5) is 0 Å². The lowest BCUT2D eigenvalue weighted by Crippen LogP contribution is -2.43. The van der Waals surface area contributed by atoms with E-state index < -0.39 is 6.10 Å². The molecule has 0 bridgehead atoms. The summed E-state index contributed by atoms with van der Waals surface area (Å²) in [7, 11) is 0. The van der Waals surface area contributed by atoms with E-state index in [1.54, 1.807) is 19.1 Å².